The van der Waals surface area contributed by atoms with E-state index in [0.29, 0.717) is 0 Å². The lowest BCUT2D eigenvalue weighted by atomic mass is 9.88. The molecule has 1 aliphatic heterocycles. The number of aliphatic carboxylic acids is 1. The van der Waals surface area contributed by atoms with E-state index in [1.54, 1.807) is 0 Å². The van der Waals surface area contributed by atoms with Gasteiger partial charge >= 0.3 is 5.97 Å². The molecule has 0 saturated carbocycles. The van der Waals surface area contributed by atoms with Crippen molar-refractivity contribution in [3.8, 4) is 0 Å². The van der Waals surface area contributed by atoms with Gasteiger partial charge in [-0.05, 0) is 19.8 Å². The van der Waals surface area contributed by atoms with Crippen LogP contribution in [0.15, 0.2) is 0 Å². The molecular formula is C11H19N3O6. The minimum atomic E-state index is -1.51. The van der Waals surface area contributed by atoms with Crippen LogP contribution in [0.25, 0.3) is 0 Å². The Morgan fingerprint density at radius 2 is 2.15 bits per heavy atom. The number of β-amino-alcohol motifs (C(OH)–C–C–N with tert-alkyl or cyclic N) is 1. The first kappa shape index (κ1) is 16.3. The molecule has 4 unspecified atom stereocenters. The minimum absolute atomic E-state index is 0.000162. The molecule has 0 spiro atoms. The maximum atomic E-state index is 11.7. The third-order valence-corrected chi connectivity index (χ3v) is 3.22. The molecule has 0 aromatic rings. The molecule has 114 valence electrons. The molecule has 1 fully saturated rings. The Labute approximate surface area is 115 Å². The Bertz CT molecular complexity index is 413. The summed E-state index contributed by atoms with van der Waals surface area (Å²) in [4.78, 5) is 33.6. The van der Waals surface area contributed by atoms with Crippen molar-refractivity contribution < 1.29 is 29.7 Å². The average Bonchev–Trinajstić information content (AvgIpc) is 2.38. The first-order chi connectivity index (χ1) is 9.17. The number of β-lactam (4-membered cyclic amide) rings is 1. The smallest absolute Gasteiger partial charge is 0.328 e. The molecule has 0 aromatic heterocycles. The van der Waals surface area contributed by atoms with Crippen LogP contribution in [0.5, 0.6) is 0 Å². The maximum Gasteiger partial charge on any atom is 0.328 e. The molecule has 1 rings (SSSR count). The molecule has 1 saturated heterocycles. The number of nitrogens with two attached hydrogens (primary N) is 1. The fraction of sp³-hybridized carbons (Fsp3) is 0.727. The zero-order valence-electron chi connectivity index (χ0n) is 11.0. The number of rotatable bonds is 7. The minimum Gasteiger partial charge on any atom is -0.480 e. The van der Waals surface area contributed by atoms with Crippen LogP contribution in [0.1, 0.15) is 19.8 Å². The van der Waals surface area contributed by atoms with E-state index in [1.807, 2.05) is 0 Å². The summed E-state index contributed by atoms with van der Waals surface area (Å²) in [5.74, 6) is -2.66. The standard InChI is InChI=1S/C11H19N3O6/c1-5(15)7(9(17)18)14-8(16)6(12)2-3-11(20)4-13-10(11)19/h5-7,15,20H,2-4,12H2,1H3,(H,13,19)(H,14,16)(H,17,18). The number of carboxylic acids is 1. The molecule has 9 nitrogen and oxygen atoms in total. The third-order valence-electron chi connectivity index (χ3n) is 3.22. The summed E-state index contributed by atoms with van der Waals surface area (Å²) in [6.07, 6.45) is -1.26. The lowest BCUT2D eigenvalue weighted by Crippen LogP contribution is -2.65. The highest BCUT2D eigenvalue weighted by Gasteiger charge is 2.44. The molecular weight excluding hydrogens is 270 g/mol. The second-order valence-corrected chi connectivity index (χ2v) is 4.92. The normalized spacial score (nSPS) is 25.9. The Morgan fingerprint density at radius 3 is 2.50 bits per heavy atom. The molecule has 9 heteroatoms. The number of carbonyl (C=O) groups excluding carboxylic acids is 2. The molecule has 20 heavy (non-hydrogen) atoms. The lowest BCUT2D eigenvalue weighted by Gasteiger charge is -2.36. The predicted octanol–water partition coefficient (Wildman–Crippen LogP) is -3.09. The van der Waals surface area contributed by atoms with Crippen molar-refractivity contribution in [1.29, 1.82) is 0 Å². The number of carbonyl (C=O) groups is 3. The number of aliphatic hydroxyl groups is 2. The van der Waals surface area contributed by atoms with Crippen LogP contribution >= 0.6 is 0 Å². The summed E-state index contributed by atoms with van der Waals surface area (Å²) in [6, 6.07) is -2.53. The number of amides is 2. The van der Waals surface area contributed by atoms with Crippen molar-refractivity contribution in [1.82, 2.24) is 10.6 Å². The fourth-order valence-electron chi connectivity index (χ4n) is 1.74. The van der Waals surface area contributed by atoms with Gasteiger partial charge in [-0.1, -0.05) is 0 Å². The summed E-state index contributed by atoms with van der Waals surface area (Å²) in [7, 11) is 0. The van der Waals surface area contributed by atoms with Crippen LogP contribution in [0.3, 0.4) is 0 Å². The van der Waals surface area contributed by atoms with Gasteiger partial charge in [0, 0.05) is 0 Å². The molecule has 0 aromatic carbocycles. The Kier molecular flexibility index (Phi) is 5.03. The molecule has 4 atom stereocenters. The second-order valence-electron chi connectivity index (χ2n) is 4.92. The Morgan fingerprint density at radius 1 is 1.55 bits per heavy atom. The number of nitrogens with one attached hydrogen (secondary N) is 2. The van der Waals surface area contributed by atoms with Crippen LogP contribution in [-0.2, 0) is 14.4 Å². The van der Waals surface area contributed by atoms with Crippen LogP contribution < -0.4 is 16.4 Å². The summed E-state index contributed by atoms with van der Waals surface area (Å²) in [6.45, 7) is 1.33. The van der Waals surface area contributed by atoms with Gasteiger partial charge in [-0.15, -0.1) is 0 Å². The van der Waals surface area contributed by atoms with E-state index in [9.17, 15) is 24.6 Å². The SMILES string of the molecule is CC(O)C(NC(=O)C(N)CCC1(O)CNC1=O)C(=O)O. The van der Waals surface area contributed by atoms with Gasteiger partial charge in [-0.3, -0.25) is 9.59 Å². The maximum absolute atomic E-state index is 11.7. The molecule has 1 heterocycles. The summed E-state index contributed by atoms with van der Waals surface area (Å²) < 4.78 is 0. The van der Waals surface area contributed by atoms with Gasteiger partial charge in [0.25, 0.3) is 5.91 Å². The monoisotopic (exact) mass is 289 g/mol. The van der Waals surface area contributed by atoms with Crippen molar-refractivity contribution in [2.24, 2.45) is 5.73 Å². The second kappa shape index (κ2) is 6.16. The van der Waals surface area contributed by atoms with Gasteiger partial charge in [-0.2, -0.15) is 0 Å². The van der Waals surface area contributed by atoms with E-state index in [2.05, 4.69) is 10.6 Å². The molecule has 0 aliphatic carbocycles. The van der Waals surface area contributed by atoms with Gasteiger partial charge in [0.2, 0.25) is 5.91 Å². The van der Waals surface area contributed by atoms with Crippen LogP contribution in [-0.4, -0.2) is 63.4 Å². The average molecular weight is 289 g/mol. The zero-order chi connectivity index (χ0) is 15.5. The highest BCUT2D eigenvalue weighted by Crippen LogP contribution is 2.19. The molecule has 1 aliphatic rings. The first-order valence-electron chi connectivity index (χ1n) is 6.15. The topological polar surface area (TPSA) is 162 Å². The molecule has 7 N–H and O–H groups in total. The molecule has 2 amide bonds. The van der Waals surface area contributed by atoms with Crippen molar-refractivity contribution in [2.75, 3.05) is 6.54 Å². The van der Waals surface area contributed by atoms with Crippen LogP contribution in [0, 0.1) is 0 Å². The molecule has 0 radical (unpaired) electrons. The first-order valence-corrected chi connectivity index (χ1v) is 6.15. The van der Waals surface area contributed by atoms with Crippen molar-refractivity contribution in [2.45, 2.75) is 43.6 Å². The summed E-state index contributed by atoms with van der Waals surface area (Å²) in [5, 5.41) is 32.2. The van der Waals surface area contributed by atoms with Gasteiger partial charge in [0.15, 0.2) is 11.6 Å². The number of aliphatic hydroxyl groups excluding tert-OH is 1. The number of hydrogen-bond donors (Lipinski definition) is 6. The van der Waals surface area contributed by atoms with Crippen LogP contribution in [0.2, 0.25) is 0 Å². The van der Waals surface area contributed by atoms with Crippen LogP contribution in [0.4, 0.5) is 0 Å². The number of carboxylic acid groups (broad SMARTS) is 1. The van der Waals surface area contributed by atoms with E-state index in [-0.39, 0.29) is 19.4 Å². The van der Waals surface area contributed by atoms with E-state index in [0.717, 1.165) is 0 Å². The summed E-state index contributed by atoms with van der Waals surface area (Å²) in [5.41, 5.74) is 4.06. The van der Waals surface area contributed by atoms with Gasteiger partial charge in [0.1, 0.15) is 0 Å². The van der Waals surface area contributed by atoms with E-state index in [1.165, 1.54) is 6.92 Å². The fourth-order valence-corrected chi connectivity index (χ4v) is 1.74. The van der Waals surface area contributed by atoms with Crippen molar-refractivity contribution >= 4 is 17.8 Å². The Hall–Kier alpha value is -1.71. The predicted molar refractivity (Wildman–Crippen MR) is 66.4 cm³/mol. The van der Waals surface area contributed by atoms with Gasteiger partial charge in [-0.25, -0.2) is 4.79 Å². The largest absolute Gasteiger partial charge is 0.480 e. The highest BCUT2D eigenvalue weighted by molar-refractivity contribution is 5.91. The Balaban J connectivity index is 2.46. The quantitative estimate of drug-likeness (QED) is 0.270. The third kappa shape index (κ3) is 3.65. The van der Waals surface area contributed by atoms with Crippen molar-refractivity contribution in [3.05, 3.63) is 0 Å². The lowest BCUT2D eigenvalue weighted by molar-refractivity contribution is -0.153. The summed E-state index contributed by atoms with van der Waals surface area (Å²) >= 11 is 0. The van der Waals surface area contributed by atoms with Gasteiger partial charge < -0.3 is 31.7 Å². The van der Waals surface area contributed by atoms with E-state index >= 15 is 0 Å². The zero-order valence-corrected chi connectivity index (χ0v) is 11.0. The number of hydrogen-bond acceptors (Lipinski definition) is 6. The molecule has 0 bridgehead atoms. The van der Waals surface area contributed by atoms with E-state index < -0.39 is 41.6 Å². The van der Waals surface area contributed by atoms with Crippen molar-refractivity contribution in [3.63, 3.8) is 0 Å². The highest BCUT2D eigenvalue weighted by atomic mass is 16.4. The van der Waals surface area contributed by atoms with E-state index in [4.69, 9.17) is 10.8 Å². The van der Waals surface area contributed by atoms with Gasteiger partial charge in [0.05, 0.1) is 18.7 Å².